The molecule has 1 aromatic rings. The fourth-order valence-electron chi connectivity index (χ4n) is 2.21. The smallest absolute Gasteiger partial charge is 0.224 e. The molecule has 1 unspecified atom stereocenters. The Bertz CT molecular complexity index is 568. The van der Waals surface area contributed by atoms with E-state index in [2.05, 4.69) is 5.32 Å². The molecule has 0 saturated carbocycles. The lowest BCUT2D eigenvalue weighted by Gasteiger charge is -2.09. The average molecular weight is 283 g/mol. The number of phenols is 1. The van der Waals surface area contributed by atoms with Crippen molar-refractivity contribution < 1.29 is 18.3 Å². The zero-order valence-corrected chi connectivity index (χ0v) is 11.3. The first kappa shape index (κ1) is 13.9. The van der Waals surface area contributed by atoms with Crippen LogP contribution in [-0.2, 0) is 21.1 Å². The molecule has 1 fully saturated rings. The van der Waals surface area contributed by atoms with E-state index < -0.39 is 9.84 Å². The Morgan fingerprint density at radius 2 is 2.21 bits per heavy atom. The molecule has 0 radical (unpaired) electrons. The van der Waals surface area contributed by atoms with Gasteiger partial charge < -0.3 is 10.4 Å². The van der Waals surface area contributed by atoms with Crippen LogP contribution in [0.3, 0.4) is 0 Å². The lowest BCUT2D eigenvalue weighted by molar-refractivity contribution is -0.120. The third-order valence-electron chi connectivity index (χ3n) is 3.19. The summed E-state index contributed by atoms with van der Waals surface area (Å²) in [5, 5.41) is 12.0. The van der Waals surface area contributed by atoms with Crippen molar-refractivity contribution in [2.24, 2.45) is 5.92 Å². The lowest BCUT2D eigenvalue weighted by Crippen LogP contribution is -2.30. The topological polar surface area (TPSA) is 83.5 Å². The first-order chi connectivity index (χ1) is 8.94. The number of phenolic OH excluding ortho intramolecular Hbond substituents is 1. The summed E-state index contributed by atoms with van der Waals surface area (Å²) < 4.78 is 22.5. The van der Waals surface area contributed by atoms with Crippen LogP contribution in [0.5, 0.6) is 5.75 Å². The number of amides is 1. The Morgan fingerprint density at radius 1 is 1.42 bits per heavy atom. The fraction of sp³-hybridized carbons (Fsp3) is 0.462. The molecule has 1 atom stereocenters. The molecule has 0 aromatic heterocycles. The molecule has 0 spiro atoms. The summed E-state index contributed by atoms with van der Waals surface area (Å²) in [6.45, 7) is 0.400. The number of sulfone groups is 1. The number of carbonyl (C=O) groups is 1. The molecule has 104 valence electrons. The van der Waals surface area contributed by atoms with Gasteiger partial charge in [0.05, 0.1) is 17.9 Å². The second kappa shape index (κ2) is 5.61. The van der Waals surface area contributed by atoms with Gasteiger partial charge in [0.15, 0.2) is 9.84 Å². The van der Waals surface area contributed by atoms with E-state index in [0.29, 0.717) is 13.0 Å². The summed E-state index contributed by atoms with van der Waals surface area (Å²) in [4.78, 5) is 11.7. The highest BCUT2D eigenvalue weighted by atomic mass is 32.2. The van der Waals surface area contributed by atoms with Crippen LogP contribution in [0.1, 0.15) is 12.0 Å². The van der Waals surface area contributed by atoms with Crippen LogP contribution in [0.15, 0.2) is 24.3 Å². The molecule has 0 bridgehead atoms. The molecule has 19 heavy (non-hydrogen) atoms. The van der Waals surface area contributed by atoms with Crippen molar-refractivity contribution in [1.29, 1.82) is 0 Å². The van der Waals surface area contributed by atoms with Gasteiger partial charge in [0.25, 0.3) is 0 Å². The average Bonchev–Trinajstić information content (AvgIpc) is 2.66. The van der Waals surface area contributed by atoms with Crippen LogP contribution in [0.2, 0.25) is 0 Å². The molecule has 1 heterocycles. The molecule has 1 aromatic carbocycles. The molecule has 1 saturated heterocycles. The highest BCUT2D eigenvalue weighted by Gasteiger charge is 2.27. The first-order valence-electron chi connectivity index (χ1n) is 6.20. The third-order valence-corrected chi connectivity index (χ3v) is 5.03. The quantitative estimate of drug-likeness (QED) is 0.842. The summed E-state index contributed by atoms with van der Waals surface area (Å²) in [5.41, 5.74) is 0.733. The molecule has 6 heteroatoms. The summed E-state index contributed by atoms with van der Waals surface area (Å²) in [6.07, 6.45) is 0.808. The number of nitrogens with one attached hydrogen (secondary N) is 1. The van der Waals surface area contributed by atoms with E-state index in [9.17, 15) is 18.3 Å². The van der Waals surface area contributed by atoms with E-state index >= 15 is 0 Å². The van der Waals surface area contributed by atoms with Crippen molar-refractivity contribution in [1.82, 2.24) is 5.32 Å². The van der Waals surface area contributed by atoms with Crippen LogP contribution >= 0.6 is 0 Å². The maximum absolute atomic E-state index is 11.7. The summed E-state index contributed by atoms with van der Waals surface area (Å²) >= 11 is 0. The Labute approximate surface area is 112 Å². The Balaban J connectivity index is 1.79. The van der Waals surface area contributed by atoms with Gasteiger partial charge in [-0.2, -0.15) is 0 Å². The Kier molecular flexibility index (Phi) is 4.09. The predicted molar refractivity (Wildman–Crippen MR) is 71.6 cm³/mol. The first-order valence-corrected chi connectivity index (χ1v) is 8.02. The minimum absolute atomic E-state index is 0.0260. The highest BCUT2D eigenvalue weighted by Crippen LogP contribution is 2.17. The molecular weight excluding hydrogens is 266 g/mol. The van der Waals surface area contributed by atoms with E-state index in [1.165, 1.54) is 0 Å². The molecule has 1 aliphatic rings. The second-order valence-corrected chi connectivity index (χ2v) is 7.15. The van der Waals surface area contributed by atoms with Crippen molar-refractivity contribution in [2.45, 2.75) is 12.8 Å². The molecule has 1 amide bonds. The fourth-order valence-corrected chi connectivity index (χ4v) is 4.07. The SMILES string of the molecule is O=C(Cc1cccc(O)c1)NCC1CCS(=O)(=O)C1. The summed E-state index contributed by atoms with van der Waals surface area (Å²) in [7, 11) is -2.89. The van der Waals surface area contributed by atoms with Gasteiger partial charge in [-0.25, -0.2) is 8.42 Å². The Morgan fingerprint density at radius 3 is 2.84 bits per heavy atom. The van der Waals surface area contributed by atoms with Gasteiger partial charge in [-0.3, -0.25) is 4.79 Å². The monoisotopic (exact) mass is 283 g/mol. The Hall–Kier alpha value is -1.56. The van der Waals surface area contributed by atoms with Crippen LogP contribution in [0, 0.1) is 5.92 Å². The van der Waals surface area contributed by atoms with Gasteiger partial charge in [0.2, 0.25) is 5.91 Å². The van der Waals surface area contributed by atoms with E-state index in [1.54, 1.807) is 24.3 Å². The second-order valence-electron chi connectivity index (χ2n) is 4.92. The van der Waals surface area contributed by atoms with Crippen LogP contribution < -0.4 is 5.32 Å². The minimum Gasteiger partial charge on any atom is -0.508 e. The normalized spacial score (nSPS) is 21.2. The number of aromatic hydroxyl groups is 1. The predicted octanol–water partition coefficient (Wildman–Crippen LogP) is 0.486. The van der Waals surface area contributed by atoms with Gasteiger partial charge in [0.1, 0.15) is 5.75 Å². The molecular formula is C13H17NO4S. The maximum Gasteiger partial charge on any atom is 0.224 e. The van der Waals surface area contributed by atoms with E-state index in [-0.39, 0.29) is 35.5 Å². The van der Waals surface area contributed by atoms with Crippen molar-refractivity contribution in [3.63, 3.8) is 0 Å². The van der Waals surface area contributed by atoms with Gasteiger partial charge in [-0.15, -0.1) is 0 Å². The summed E-state index contributed by atoms with van der Waals surface area (Å²) in [5.74, 6) is 0.389. The van der Waals surface area contributed by atoms with Gasteiger partial charge in [-0.1, -0.05) is 12.1 Å². The van der Waals surface area contributed by atoms with Crippen LogP contribution in [0.4, 0.5) is 0 Å². The largest absolute Gasteiger partial charge is 0.508 e. The highest BCUT2D eigenvalue weighted by molar-refractivity contribution is 7.91. The van der Waals surface area contributed by atoms with Crippen molar-refractivity contribution >= 4 is 15.7 Å². The van der Waals surface area contributed by atoms with Crippen molar-refractivity contribution in [3.05, 3.63) is 29.8 Å². The van der Waals surface area contributed by atoms with Crippen LogP contribution in [0.25, 0.3) is 0 Å². The summed E-state index contributed by atoms with van der Waals surface area (Å²) in [6, 6.07) is 6.53. The van der Waals surface area contributed by atoms with Crippen molar-refractivity contribution in [2.75, 3.05) is 18.1 Å². The molecule has 2 N–H and O–H groups in total. The van der Waals surface area contributed by atoms with Gasteiger partial charge >= 0.3 is 0 Å². The molecule has 0 aliphatic carbocycles. The zero-order chi connectivity index (χ0) is 13.9. The van der Waals surface area contributed by atoms with E-state index in [1.807, 2.05) is 0 Å². The van der Waals surface area contributed by atoms with Crippen molar-refractivity contribution in [3.8, 4) is 5.75 Å². The number of rotatable bonds is 4. The lowest BCUT2D eigenvalue weighted by atomic mass is 10.1. The van der Waals surface area contributed by atoms with Crippen LogP contribution in [-0.4, -0.2) is 37.5 Å². The minimum atomic E-state index is -2.89. The number of hydrogen-bond donors (Lipinski definition) is 2. The van der Waals surface area contributed by atoms with Gasteiger partial charge in [0, 0.05) is 6.54 Å². The van der Waals surface area contributed by atoms with E-state index in [0.717, 1.165) is 5.56 Å². The molecule has 2 rings (SSSR count). The molecule has 5 nitrogen and oxygen atoms in total. The standard InChI is InChI=1S/C13H17NO4S/c15-12-3-1-2-10(6-12)7-13(16)14-8-11-4-5-19(17,18)9-11/h1-3,6,11,15H,4-5,7-9H2,(H,14,16). The number of carbonyl (C=O) groups excluding carboxylic acids is 1. The maximum atomic E-state index is 11.7. The van der Waals surface area contributed by atoms with E-state index in [4.69, 9.17) is 0 Å². The van der Waals surface area contributed by atoms with Gasteiger partial charge in [-0.05, 0) is 30.0 Å². The number of benzene rings is 1. The number of hydrogen-bond acceptors (Lipinski definition) is 4. The zero-order valence-electron chi connectivity index (χ0n) is 10.5. The third kappa shape index (κ3) is 4.24. The molecule has 1 aliphatic heterocycles.